The lowest BCUT2D eigenvalue weighted by molar-refractivity contribution is -0.129. The molecule has 0 saturated heterocycles. The maximum Gasteiger partial charge on any atom is 0.253 e. The van der Waals surface area contributed by atoms with Crippen molar-refractivity contribution in [2.24, 2.45) is 0 Å². The summed E-state index contributed by atoms with van der Waals surface area (Å²) in [4.78, 5) is 11.8. The van der Waals surface area contributed by atoms with E-state index in [0.29, 0.717) is 0 Å². The largest absolute Gasteiger partial charge is 0.364 e. The molecule has 2 unspecified atom stereocenters. The van der Waals surface area contributed by atoms with Gasteiger partial charge >= 0.3 is 0 Å². The van der Waals surface area contributed by atoms with Crippen molar-refractivity contribution in [1.29, 1.82) is 0 Å². The lowest BCUT2D eigenvalue weighted by Gasteiger charge is -2.18. The number of para-hydroxylation sites is 1. The number of likely N-dealkylation sites (N-methyl/N-ethyl adjacent to an activating group) is 1. The normalized spacial score (nSPS) is 14.1. The van der Waals surface area contributed by atoms with E-state index in [9.17, 15) is 4.79 Å². The van der Waals surface area contributed by atoms with Gasteiger partial charge in [-0.25, -0.2) is 0 Å². The number of amides is 1. The van der Waals surface area contributed by atoms with Gasteiger partial charge in [-0.1, -0.05) is 18.2 Å². The summed E-state index contributed by atoms with van der Waals surface area (Å²) in [7, 11) is 1.86. The monoisotopic (exact) mass is 236 g/mol. The third kappa shape index (κ3) is 4.97. The molecule has 0 aliphatic rings. The SMILES string of the molecule is CNCC(C)OC(C)C(=O)Nc1ccccc1. The molecule has 2 atom stereocenters. The van der Waals surface area contributed by atoms with E-state index in [1.165, 1.54) is 0 Å². The first-order valence-corrected chi connectivity index (χ1v) is 5.79. The van der Waals surface area contributed by atoms with Crippen LogP contribution in [0.2, 0.25) is 0 Å². The van der Waals surface area contributed by atoms with E-state index >= 15 is 0 Å². The summed E-state index contributed by atoms with van der Waals surface area (Å²) >= 11 is 0. The zero-order valence-electron chi connectivity index (χ0n) is 10.6. The third-order valence-electron chi connectivity index (χ3n) is 2.34. The number of ether oxygens (including phenoxy) is 1. The first-order chi connectivity index (χ1) is 8.13. The molecular weight excluding hydrogens is 216 g/mol. The highest BCUT2D eigenvalue weighted by Gasteiger charge is 2.16. The summed E-state index contributed by atoms with van der Waals surface area (Å²) < 4.78 is 5.55. The van der Waals surface area contributed by atoms with Crippen molar-refractivity contribution in [2.45, 2.75) is 26.1 Å². The van der Waals surface area contributed by atoms with E-state index in [2.05, 4.69) is 10.6 Å². The number of hydrogen-bond acceptors (Lipinski definition) is 3. The number of carbonyl (C=O) groups is 1. The Hall–Kier alpha value is -1.39. The van der Waals surface area contributed by atoms with Crippen LogP contribution in [-0.2, 0) is 9.53 Å². The first kappa shape index (κ1) is 13.7. The van der Waals surface area contributed by atoms with Crippen LogP contribution >= 0.6 is 0 Å². The number of rotatable bonds is 6. The Labute approximate surface area is 102 Å². The molecule has 0 aliphatic carbocycles. The minimum absolute atomic E-state index is 0.0107. The van der Waals surface area contributed by atoms with Crippen LogP contribution in [-0.4, -0.2) is 31.7 Å². The van der Waals surface area contributed by atoms with Crippen molar-refractivity contribution in [1.82, 2.24) is 5.32 Å². The van der Waals surface area contributed by atoms with Crippen molar-refractivity contribution in [3.63, 3.8) is 0 Å². The van der Waals surface area contributed by atoms with Crippen LogP contribution in [0.15, 0.2) is 30.3 Å². The van der Waals surface area contributed by atoms with Crippen molar-refractivity contribution < 1.29 is 9.53 Å². The van der Waals surface area contributed by atoms with Crippen molar-refractivity contribution in [3.05, 3.63) is 30.3 Å². The van der Waals surface area contributed by atoms with E-state index in [1.807, 2.05) is 44.3 Å². The molecule has 4 heteroatoms. The lowest BCUT2D eigenvalue weighted by Crippen LogP contribution is -2.34. The van der Waals surface area contributed by atoms with E-state index in [0.717, 1.165) is 12.2 Å². The van der Waals surface area contributed by atoms with E-state index in [4.69, 9.17) is 4.74 Å². The van der Waals surface area contributed by atoms with Gasteiger partial charge in [0.25, 0.3) is 5.91 Å². The van der Waals surface area contributed by atoms with Gasteiger partial charge in [0.05, 0.1) is 6.10 Å². The summed E-state index contributed by atoms with van der Waals surface area (Å²) in [5.41, 5.74) is 0.786. The summed E-state index contributed by atoms with van der Waals surface area (Å²) in [6.45, 7) is 4.41. The van der Waals surface area contributed by atoms with Crippen LogP contribution in [0.25, 0.3) is 0 Å². The Morgan fingerprint density at radius 3 is 2.53 bits per heavy atom. The fraction of sp³-hybridized carbons (Fsp3) is 0.462. The molecule has 2 N–H and O–H groups in total. The summed E-state index contributed by atoms with van der Waals surface area (Å²) in [6, 6.07) is 9.36. The van der Waals surface area contributed by atoms with Gasteiger partial charge in [0.1, 0.15) is 6.10 Å². The smallest absolute Gasteiger partial charge is 0.253 e. The Morgan fingerprint density at radius 1 is 1.29 bits per heavy atom. The number of carbonyl (C=O) groups excluding carboxylic acids is 1. The number of nitrogens with one attached hydrogen (secondary N) is 2. The summed E-state index contributed by atoms with van der Waals surface area (Å²) in [5, 5.41) is 5.81. The average Bonchev–Trinajstić information content (AvgIpc) is 2.30. The van der Waals surface area contributed by atoms with Gasteiger partial charge in [-0.2, -0.15) is 0 Å². The molecule has 0 saturated carbocycles. The van der Waals surface area contributed by atoms with Crippen LogP contribution in [0.1, 0.15) is 13.8 Å². The molecule has 0 radical (unpaired) electrons. The van der Waals surface area contributed by atoms with Gasteiger partial charge in [-0.15, -0.1) is 0 Å². The molecule has 0 bridgehead atoms. The molecule has 0 aromatic heterocycles. The second-order valence-electron chi connectivity index (χ2n) is 4.00. The minimum Gasteiger partial charge on any atom is -0.364 e. The van der Waals surface area contributed by atoms with Gasteiger partial charge in [0.2, 0.25) is 0 Å². The van der Waals surface area contributed by atoms with Gasteiger partial charge in [-0.05, 0) is 33.0 Å². The predicted molar refractivity (Wildman–Crippen MR) is 69.0 cm³/mol. The third-order valence-corrected chi connectivity index (χ3v) is 2.34. The highest BCUT2D eigenvalue weighted by Crippen LogP contribution is 2.07. The Bertz CT molecular complexity index is 341. The molecule has 0 spiro atoms. The highest BCUT2D eigenvalue weighted by molar-refractivity contribution is 5.93. The Kier molecular flexibility index (Phi) is 5.66. The molecule has 17 heavy (non-hydrogen) atoms. The van der Waals surface area contributed by atoms with Gasteiger partial charge in [0, 0.05) is 12.2 Å². The van der Waals surface area contributed by atoms with Gasteiger partial charge < -0.3 is 15.4 Å². The van der Waals surface area contributed by atoms with Crippen LogP contribution in [0.5, 0.6) is 0 Å². The maximum absolute atomic E-state index is 11.8. The zero-order valence-corrected chi connectivity index (χ0v) is 10.6. The molecule has 0 aliphatic heterocycles. The van der Waals surface area contributed by atoms with Gasteiger partial charge in [0.15, 0.2) is 0 Å². The topological polar surface area (TPSA) is 50.4 Å². The Balaban J connectivity index is 2.42. The van der Waals surface area contributed by atoms with Crippen LogP contribution < -0.4 is 10.6 Å². The van der Waals surface area contributed by atoms with Crippen molar-refractivity contribution in [3.8, 4) is 0 Å². The molecule has 94 valence electrons. The predicted octanol–water partition coefficient (Wildman–Crippen LogP) is 1.64. The first-order valence-electron chi connectivity index (χ1n) is 5.79. The number of hydrogen-bond donors (Lipinski definition) is 2. The second kappa shape index (κ2) is 7.04. The Morgan fingerprint density at radius 2 is 1.94 bits per heavy atom. The molecule has 0 fully saturated rings. The molecule has 1 rings (SSSR count). The van der Waals surface area contributed by atoms with E-state index < -0.39 is 6.10 Å². The highest BCUT2D eigenvalue weighted by atomic mass is 16.5. The van der Waals surface area contributed by atoms with Crippen LogP contribution in [0.4, 0.5) is 5.69 Å². The van der Waals surface area contributed by atoms with Gasteiger partial charge in [-0.3, -0.25) is 4.79 Å². The van der Waals surface area contributed by atoms with Crippen molar-refractivity contribution >= 4 is 11.6 Å². The minimum atomic E-state index is -0.460. The molecule has 1 aromatic carbocycles. The number of anilines is 1. The number of benzene rings is 1. The molecular formula is C13H20N2O2. The van der Waals surface area contributed by atoms with Crippen LogP contribution in [0, 0.1) is 0 Å². The summed E-state index contributed by atoms with van der Waals surface area (Å²) in [5.74, 6) is -0.126. The quantitative estimate of drug-likeness (QED) is 0.789. The zero-order chi connectivity index (χ0) is 12.7. The molecule has 1 aromatic rings. The van der Waals surface area contributed by atoms with Crippen LogP contribution in [0.3, 0.4) is 0 Å². The maximum atomic E-state index is 11.8. The second-order valence-corrected chi connectivity index (χ2v) is 4.00. The summed E-state index contributed by atoms with van der Waals surface area (Å²) in [6.07, 6.45) is -0.449. The molecule has 0 heterocycles. The average molecular weight is 236 g/mol. The molecule has 1 amide bonds. The van der Waals surface area contributed by atoms with E-state index in [-0.39, 0.29) is 12.0 Å². The van der Waals surface area contributed by atoms with E-state index in [1.54, 1.807) is 6.92 Å². The standard InChI is InChI=1S/C13H20N2O2/c1-10(9-14-3)17-11(2)13(16)15-12-7-5-4-6-8-12/h4-8,10-11,14H,9H2,1-3H3,(H,15,16). The lowest BCUT2D eigenvalue weighted by atomic mass is 10.3. The fourth-order valence-electron chi connectivity index (χ4n) is 1.51. The fourth-order valence-corrected chi connectivity index (χ4v) is 1.51. The van der Waals surface area contributed by atoms with Crippen molar-refractivity contribution in [2.75, 3.05) is 18.9 Å². The molecule has 4 nitrogen and oxygen atoms in total.